The molecule has 1 unspecified atom stereocenters. The Hall–Kier alpha value is -0.610. The molecule has 0 aromatic rings. The molecule has 0 radical (unpaired) electrons. The van der Waals surface area contributed by atoms with Gasteiger partial charge in [-0.3, -0.25) is 9.69 Å². The maximum atomic E-state index is 10.6. The molecule has 0 aliphatic carbocycles. The van der Waals surface area contributed by atoms with E-state index in [2.05, 4.69) is 23.9 Å². The van der Waals surface area contributed by atoms with E-state index in [9.17, 15) is 4.79 Å². The van der Waals surface area contributed by atoms with Crippen LogP contribution in [0.4, 0.5) is 0 Å². The summed E-state index contributed by atoms with van der Waals surface area (Å²) < 4.78 is 0. The number of hydrogen-bond acceptors (Lipinski definition) is 3. The predicted molar refractivity (Wildman–Crippen MR) is 50.7 cm³/mol. The van der Waals surface area contributed by atoms with E-state index in [1.807, 2.05) is 0 Å². The minimum absolute atomic E-state index is 0.247. The molecule has 0 aromatic heterocycles. The van der Waals surface area contributed by atoms with Crippen molar-refractivity contribution in [3.63, 3.8) is 0 Å². The molecule has 1 aliphatic rings. The van der Waals surface area contributed by atoms with Gasteiger partial charge in [0.05, 0.1) is 5.92 Å². The van der Waals surface area contributed by atoms with E-state index in [1.165, 1.54) is 0 Å². The minimum atomic E-state index is -0.701. The zero-order valence-electron chi connectivity index (χ0n) is 8.53. The molecule has 0 amide bonds. The molecule has 1 aliphatic heterocycles. The van der Waals surface area contributed by atoms with E-state index in [1.54, 1.807) is 6.92 Å². The number of aliphatic carboxylic acids is 1. The highest BCUT2D eigenvalue weighted by molar-refractivity contribution is 5.69. The first-order valence-corrected chi connectivity index (χ1v) is 4.62. The Morgan fingerprint density at radius 1 is 1.62 bits per heavy atom. The predicted octanol–water partition coefficient (Wildman–Crippen LogP) is -0.0471. The lowest BCUT2D eigenvalue weighted by Crippen LogP contribution is -2.58. The molecule has 1 atom stereocenters. The van der Waals surface area contributed by atoms with Crippen LogP contribution in [0.2, 0.25) is 0 Å². The number of carbonyl (C=O) groups is 1. The molecule has 0 aromatic carbocycles. The van der Waals surface area contributed by atoms with Crippen LogP contribution in [0.15, 0.2) is 0 Å². The molecular weight excluding hydrogens is 168 g/mol. The van der Waals surface area contributed by atoms with E-state index in [0.29, 0.717) is 12.6 Å². The number of hydrogen-bond donors (Lipinski definition) is 1. The van der Waals surface area contributed by atoms with Gasteiger partial charge in [0, 0.05) is 25.7 Å². The zero-order valence-corrected chi connectivity index (χ0v) is 8.53. The second kappa shape index (κ2) is 4.07. The van der Waals surface area contributed by atoms with Crippen LogP contribution in [-0.4, -0.2) is 60.6 Å². The van der Waals surface area contributed by atoms with Crippen LogP contribution in [0.5, 0.6) is 0 Å². The Kier molecular flexibility index (Phi) is 3.27. The van der Waals surface area contributed by atoms with Gasteiger partial charge >= 0.3 is 5.97 Å². The van der Waals surface area contributed by atoms with E-state index in [-0.39, 0.29) is 5.92 Å². The molecule has 13 heavy (non-hydrogen) atoms. The standard InChI is InChI=1S/C9H18N2O2/c1-7(9(12)13)4-11-5-8(6-11)10(2)3/h7-8H,4-6H2,1-3H3,(H,12,13). The molecule has 0 bridgehead atoms. The SMILES string of the molecule is CC(CN1CC(N(C)C)C1)C(=O)O. The summed E-state index contributed by atoms with van der Waals surface area (Å²) in [7, 11) is 4.12. The summed E-state index contributed by atoms with van der Waals surface area (Å²) in [5.41, 5.74) is 0. The molecule has 1 saturated heterocycles. The van der Waals surface area contributed by atoms with E-state index in [0.717, 1.165) is 13.1 Å². The minimum Gasteiger partial charge on any atom is -0.481 e. The average molecular weight is 186 g/mol. The number of rotatable bonds is 4. The lowest BCUT2D eigenvalue weighted by Gasteiger charge is -2.43. The van der Waals surface area contributed by atoms with Gasteiger partial charge in [0.25, 0.3) is 0 Å². The third kappa shape index (κ3) is 2.67. The van der Waals surface area contributed by atoms with Gasteiger partial charge in [0.15, 0.2) is 0 Å². The molecule has 4 heteroatoms. The second-order valence-electron chi connectivity index (χ2n) is 4.08. The summed E-state index contributed by atoms with van der Waals surface area (Å²) in [4.78, 5) is 14.9. The maximum absolute atomic E-state index is 10.6. The van der Waals surface area contributed by atoms with Gasteiger partial charge in [-0.2, -0.15) is 0 Å². The fraction of sp³-hybridized carbons (Fsp3) is 0.889. The zero-order chi connectivity index (χ0) is 10.0. The number of carboxylic acid groups (broad SMARTS) is 1. The number of likely N-dealkylation sites (N-methyl/N-ethyl adjacent to an activating group) is 1. The molecule has 1 fully saturated rings. The van der Waals surface area contributed by atoms with Gasteiger partial charge < -0.3 is 10.0 Å². The lowest BCUT2D eigenvalue weighted by molar-refractivity contribution is -0.142. The smallest absolute Gasteiger partial charge is 0.307 e. The third-order valence-corrected chi connectivity index (χ3v) is 2.62. The van der Waals surface area contributed by atoms with Crippen LogP contribution >= 0.6 is 0 Å². The van der Waals surface area contributed by atoms with Crippen molar-refractivity contribution in [2.45, 2.75) is 13.0 Å². The van der Waals surface area contributed by atoms with Crippen LogP contribution < -0.4 is 0 Å². The Morgan fingerprint density at radius 2 is 2.15 bits per heavy atom. The first kappa shape index (κ1) is 10.5. The molecule has 1 rings (SSSR count). The van der Waals surface area contributed by atoms with Crippen molar-refractivity contribution in [2.75, 3.05) is 33.7 Å². The molecular formula is C9H18N2O2. The Morgan fingerprint density at radius 3 is 2.54 bits per heavy atom. The molecule has 76 valence electrons. The summed E-state index contributed by atoms with van der Waals surface area (Å²) in [6, 6.07) is 0.612. The molecule has 1 heterocycles. The van der Waals surface area contributed by atoms with E-state index in [4.69, 9.17) is 5.11 Å². The number of likely N-dealkylation sites (tertiary alicyclic amines) is 1. The molecule has 0 saturated carbocycles. The second-order valence-corrected chi connectivity index (χ2v) is 4.08. The van der Waals surface area contributed by atoms with Crippen molar-refractivity contribution in [2.24, 2.45) is 5.92 Å². The largest absolute Gasteiger partial charge is 0.481 e. The first-order valence-electron chi connectivity index (χ1n) is 4.62. The van der Waals surface area contributed by atoms with Crippen LogP contribution in [0.3, 0.4) is 0 Å². The maximum Gasteiger partial charge on any atom is 0.307 e. The van der Waals surface area contributed by atoms with Crippen molar-refractivity contribution in [3.05, 3.63) is 0 Å². The van der Waals surface area contributed by atoms with E-state index < -0.39 is 5.97 Å². The summed E-state index contributed by atoms with van der Waals surface area (Å²) in [5, 5.41) is 8.69. The van der Waals surface area contributed by atoms with Crippen molar-refractivity contribution in [1.82, 2.24) is 9.80 Å². The van der Waals surface area contributed by atoms with Crippen LogP contribution in [0.1, 0.15) is 6.92 Å². The van der Waals surface area contributed by atoms with Crippen molar-refractivity contribution >= 4 is 5.97 Å². The van der Waals surface area contributed by atoms with Gasteiger partial charge in [-0.1, -0.05) is 6.92 Å². The summed E-state index contributed by atoms with van der Waals surface area (Å²) in [6.07, 6.45) is 0. The van der Waals surface area contributed by atoms with Crippen LogP contribution in [0, 0.1) is 5.92 Å². The Labute approximate surface area is 79.1 Å². The number of nitrogens with zero attached hydrogens (tertiary/aromatic N) is 2. The van der Waals surface area contributed by atoms with Crippen LogP contribution in [0.25, 0.3) is 0 Å². The quantitative estimate of drug-likeness (QED) is 0.668. The summed E-state index contributed by atoms with van der Waals surface area (Å²) in [5.74, 6) is -0.948. The summed E-state index contributed by atoms with van der Waals surface area (Å²) >= 11 is 0. The lowest BCUT2D eigenvalue weighted by atomic mass is 10.0. The van der Waals surface area contributed by atoms with Gasteiger partial charge in [-0.05, 0) is 14.1 Å². The van der Waals surface area contributed by atoms with Gasteiger partial charge in [-0.15, -0.1) is 0 Å². The molecule has 4 nitrogen and oxygen atoms in total. The highest BCUT2D eigenvalue weighted by atomic mass is 16.4. The average Bonchev–Trinajstić information content (AvgIpc) is 1.94. The van der Waals surface area contributed by atoms with Crippen LogP contribution in [-0.2, 0) is 4.79 Å². The van der Waals surface area contributed by atoms with Crippen molar-refractivity contribution < 1.29 is 9.90 Å². The van der Waals surface area contributed by atoms with Gasteiger partial charge in [-0.25, -0.2) is 0 Å². The number of carboxylic acids is 1. The fourth-order valence-corrected chi connectivity index (χ4v) is 1.48. The fourth-order valence-electron chi connectivity index (χ4n) is 1.48. The Bertz CT molecular complexity index is 188. The van der Waals surface area contributed by atoms with Gasteiger partial charge in [0.1, 0.15) is 0 Å². The highest BCUT2D eigenvalue weighted by Gasteiger charge is 2.30. The third-order valence-electron chi connectivity index (χ3n) is 2.62. The van der Waals surface area contributed by atoms with E-state index >= 15 is 0 Å². The van der Waals surface area contributed by atoms with Crippen molar-refractivity contribution in [3.8, 4) is 0 Å². The molecule has 0 spiro atoms. The van der Waals surface area contributed by atoms with Crippen molar-refractivity contribution in [1.29, 1.82) is 0 Å². The normalized spacial score (nSPS) is 21.5. The highest BCUT2D eigenvalue weighted by Crippen LogP contribution is 2.13. The Balaban J connectivity index is 2.18. The topological polar surface area (TPSA) is 43.8 Å². The summed E-state index contributed by atoms with van der Waals surface area (Å²) in [6.45, 7) is 4.44. The first-order chi connectivity index (χ1) is 6.00. The monoisotopic (exact) mass is 186 g/mol. The molecule has 1 N–H and O–H groups in total. The van der Waals surface area contributed by atoms with Gasteiger partial charge in [0.2, 0.25) is 0 Å².